The first-order valence-corrected chi connectivity index (χ1v) is 9.94. The number of benzene rings is 1. The van der Waals surface area contributed by atoms with E-state index >= 15 is 0 Å². The fourth-order valence-corrected chi connectivity index (χ4v) is 5.32. The van der Waals surface area contributed by atoms with Gasteiger partial charge in [-0.05, 0) is 32.6 Å². The van der Waals surface area contributed by atoms with Crippen molar-refractivity contribution in [2.75, 3.05) is 14.1 Å². The Balaban J connectivity index is 2.12. The van der Waals surface area contributed by atoms with E-state index in [1.54, 1.807) is 0 Å². The van der Waals surface area contributed by atoms with Crippen LogP contribution in [0.25, 0.3) is 5.76 Å². The standard InChI is InChI=1S/C22H22N2O9/c1-21(32)7-5-4-6-8(25)9(7)15(26)10-12(21)17(28)13-14(24(2)3)16(27)11(20(23)31)19(30)22(13,33)18(10)29/h4-6,12-14,25-26,30,32-33H,1-3H3,(H2,23,31)/t12?,13-,14+,21+,22+/m1/s1. The second kappa shape index (κ2) is 6.73. The SMILES string of the molecule is CN(C)[C@@H]1C(=O)C(C(N)=O)=C(O)[C@@]2(O)C(=O)C3=C(O)c4c(O)cccc4[C@](C)(O)C3C(=O)[C@@H]12. The van der Waals surface area contributed by atoms with Gasteiger partial charge in [0.25, 0.3) is 5.91 Å². The number of ketones is 3. The highest BCUT2D eigenvalue weighted by atomic mass is 16.4. The van der Waals surface area contributed by atoms with Crippen LogP contribution in [0.3, 0.4) is 0 Å². The van der Waals surface area contributed by atoms with Crippen LogP contribution in [0.15, 0.2) is 35.1 Å². The number of hydrogen-bond donors (Lipinski definition) is 6. The molecule has 0 aromatic heterocycles. The van der Waals surface area contributed by atoms with Gasteiger partial charge in [-0.1, -0.05) is 12.1 Å². The topological polar surface area (TPSA) is 199 Å². The number of rotatable bonds is 2. The number of aromatic hydroxyl groups is 1. The van der Waals surface area contributed by atoms with E-state index in [2.05, 4.69) is 0 Å². The number of aliphatic hydroxyl groups excluding tert-OH is 2. The lowest BCUT2D eigenvalue weighted by Crippen LogP contribution is -2.70. The Bertz CT molecular complexity index is 1230. The fourth-order valence-electron chi connectivity index (χ4n) is 5.32. The van der Waals surface area contributed by atoms with Gasteiger partial charge in [-0.15, -0.1) is 0 Å². The first kappa shape index (κ1) is 22.6. The van der Waals surface area contributed by atoms with Gasteiger partial charge < -0.3 is 31.3 Å². The Morgan fingerprint density at radius 2 is 1.70 bits per heavy atom. The van der Waals surface area contributed by atoms with E-state index in [9.17, 15) is 44.7 Å². The number of amides is 1. The summed E-state index contributed by atoms with van der Waals surface area (Å²) in [5.74, 6) is -11.4. The molecule has 0 saturated heterocycles. The number of nitrogens with two attached hydrogens (primary N) is 1. The molecule has 1 aromatic carbocycles. The van der Waals surface area contributed by atoms with Gasteiger partial charge >= 0.3 is 0 Å². The molecule has 4 rings (SSSR count). The number of nitrogens with zero attached hydrogens (tertiary/aromatic N) is 1. The maximum Gasteiger partial charge on any atom is 0.255 e. The summed E-state index contributed by atoms with van der Waals surface area (Å²) in [6, 6.07) is 2.31. The largest absolute Gasteiger partial charge is 0.508 e. The number of carbonyl (C=O) groups excluding carboxylic acids is 4. The van der Waals surface area contributed by atoms with Crippen LogP contribution >= 0.6 is 0 Å². The van der Waals surface area contributed by atoms with E-state index in [4.69, 9.17) is 5.73 Å². The molecular weight excluding hydrogens is 436 g/mol. The number of carbonyl (C=O) groups is 4. The molecular formula is C22H22N2O9. The van der Waals surface area contributed by atoms with Crippen molar-refractivity contribution in [3.8, 4) is 5.75 Å². The Hall–Kier alpha value is -3.54. The third-order valence-corrected chi connectivity index (χ3v) is 6.79. The van der Waals surface area contributed by atoms with Crippen LogP contribution < -0.4 is 5.73 Å². The average molecular weight is 458 g/mol. The number of primary amides is 1. The van der Waals surface area contributed by atoms with Crippen molar-refractivity contribution in [3.63, 3.8) is 0 Å². The van der Waals surface area contributed by atoms with Crippen LogP contribution in [-0.4, -0.2) is 79.4 Å². The first-order valence-electron chi connectivity index (χ1n) is 9.94. The van der Waals surface area contributed by atoms with Gasteiger partial charge in [0.1, 0.15) is 28.4 Å². The van der Waals surface area contributed by atoms with Crippen molar-refractivity contribution >= 4 is 29.0 Å². The normalized spacial score (nSPS) is 33.8. The minimum Gasteiger partial charge on any atom is -0.508 e. The second-order valence-corrected chi connectivity index (χ2v) is 8.88. The highest BCUT2D eigenvalue weighted by molar-refractivity contribution is 6.28. The van der Waals surface area contributed by atoms with Gasteiger partial charge in [0, 0.05) is 0 Å². The third-order valence-electron chi connectivity index (χ3n) is 6.79. The van der Waals surface area contributed by atoms with Gasteiger partial charge in [0.15, 0.2) is 17.2 Å². The molecule has 33 heavy (non-hydrogen) atoms. The first-order chi connectivity index (χ1) is 15.2. The van der Waals surface area contributed by atoms with E-state index in [-0.39, 0.29) is 11.1 Å². The zero-order valence-corrected chi connectivity index (χ0v) is 17.9. The highest BCUT2D eigenvalue weighted by Gasteiger charge is 2.70. The van der Waals surface area contributed by atoms with Crippen LogP contribution in [0, 0.1) is 11.8 Å². The number of aliphatic hydroxyl groups is 4. The number of phenolic OH excluding ortho intramolecular Hbond substituents is 1. The molecule has 7 N–H and O–H groups in total. The van der Waals surface area contributed by atoms with Gasteiger partial charge in [0.05, 0.1) is 29.0 Å². The predicted molar refractivity (Wildman–Crippen MR) is 111 cm³/mol. The maximum atomic E-state index is 13.8. The molecule has 11 heteroatoms. The lowest BCUT2D eigenvalue weighted by atomic mass is 9.54. The molecule has 11 nitrogen and oxygen atoms in total. The molecule has 1 fully saturated rings. The molecule has 174 valence electrons. The number of fused-ring (bicyclic) bond motifs is 3. The third kappa shape index (κ3) is 2.55. The Morgan fingerprint density at radius 3 is 2.24 bits per heavy atom. The Morgan fingerprint density at radius 1 is 1.09 bits per heavy atom. The number of phenols is 1. The number of Topliss-reactive ketones (excluding diaryl/α,β-unsaturated/α-hetero) is 3. The van der Waals surface area contributed by atoms with E-state index in [0.717, 1.165) is 0 Å². The molecule has 3 aliphatic carbocycles. The van der Waals surface area contributed by atoms with E-state index < -0.39 is 80.8 Å². The van der Waals surface area contributed by atoms with Crippen LogP contribution in [-0.2, 0) is 24.8 Å². The summed E-state index contributed by atoms with van der Waals surface area (Å²) in [6.07, 6.45) is 0. The molecule has 1 aromatic rings. The zero-order valence-electron chi connectivity index (χ0n) is 17.9. The van der Waals surface area contributed by atoms with Crippen molar-refractivity contribution < 1.29 is 44.7 Å². The molecule has 1 amide bonds. The molecule has 0 bridgehead atoms. The molecule has 0 heterocycles. The van der Waals surface area contributed by atoms with Crippen LogP contribution in [0.2, 0.25) is 0 Å². The monoisotopic (exact) mass is 458 g/mol. The van der Waals surface area contributed by atoms with Crippen LogP contribution in [0.5, 0.6) is 5.75 Å². The van der Waals surface area contributed by atoms with Crippen molar-refractivity contribution in [2.45, 2.75) is 24.2 Å². The lowest BCUT2D eigenvalue weighted by molar-refractivity contribution is -0.169. The lowest BCUT2D eigenvalue weighted by Gasteiger charge is -2.51. The van der Waals surface area contributed by atoms with Crippen molar-refractivity contribution in [2.24, 2.45) is 17.6 Å². The Labute approximate surface area is 187 Å². The molecule has 5 atom stereocenters. The van der Waals surface area contributed by atoms with E-state index in [0.29, 0.717) is 0 Å². The molecule has 0 aliphatic heterocycles. The maximum absolute atomic E-state index is 13.8. The highest BCUT2D eigenvalue weighted by Crippen LogP contribution is 2.55. The zero-order chi connectivity index (χ0) is 24.8. The number of hydrogen-bond acceptors (Lipinski definition) is 10. The quantitative estimate of drug-likeness (QED) is 0.293. The minimum atomic E-state index is -3.12. The van der Waals surface area contributed by atoms with Gasteiger partial charge in [-0.3, -0.25) is 24.1 Å². The minimum absolute atomic E-state index is 0.0542. The summed E-state index contributed by atoms with van der Waals surface area (Å²) in [5.41, 5.74) is -2.24. The summed E-state index contributed by atoms with van der Waals surface area (Å²) in [4.78, 5) is 53.5. The summed E-state index contributed by atoms with van der Waals surface area (Å²) in [7, 11) is 2.72. The van der Waals surface area contributed by atoms with Crippen molar-refractivity contribution in [1.82, 2.24) is 4.90 Å². The van der Waals surface area contributed by atoms with Gasteiger partial charge in [0.2, 0.25) is 5.78 Å². The summed E-state index contributed by atoms with van der Waals surface area (Å²) in [6.45, 7) is 1.19. The molecule has 0 radical (unpaired) electrons. The van der Waals surface area contributed by atoms with Crippen molar-refractivity contribution in [1.29, 1.82) is 0 Å². The fraction of sp³-hybridized carbons (Fsp3) is 0.364. The second-order valence-electron chi connectivity index (χ2n) is 8.88. The van der Waals surface area contributed by atoms with Crippen LogP contribution in [0.4, 0.5) is 0 Å². The van der Waals surface area contributed by atoms with Gasteiger partial charge in [-0.2, -0.15) is 0 Å². The smallest absolute Gasteiger partial charge is 0.255 e. The molecule has 3 aliphatic rings. The van der Waals surface area contributed by atoms with E-state index in [1.807, 2.05) is 0 Å². The molecule has 1 unspecified atom stereocenters. The van der Waals surface area contributed by atoms with Crippen molar-refractivity contribution in [3.05, 3.63) is 46.2 Å². The van der Waals surface area contributed by atoms with Gasteiger partial charge in [-0.25, -0.2) is 0 Å². The predicted octanol–water partition coefficient (Wildman–Crippen LogP) is -1.19. The average Bonchev–Trinajstić information content (AvgIpc) is 2.70. The Kier molecular flexibility index (Phi) is 4.62. The summed E-state index contributed by atoms with van der Waals surface area (Å²) >= 11 is 0. The van der Waals surface area contributed by atoms with Crippen LogP contribution in [0.1, 0.15) is 18.1 Å². The summed E-state index contributed by atoms with van der Waals surface area (Å²) < 4.78 is 0. The summed E-state index contributed by atoms with van der Waals surface area (Å²) in [5, 5.41) is 54.7. The molecule has 1 saturated carbocycles. The van der Waals surface area contributed by atoms with E-state index in [1.165, 1.54) is 44.1 Å². The number of likely N-dealkylation sites (N-methyl/N-ethyl adjacent to an activating group) is 1. The molecule has 0 spiro atoms.